The summed E-state index contributed by atoms with van der Waals surface area (Å²) < 4.78 is 5.24. The van der Waals surface area contributed by atoms with Gasteiger partial charge in [-0.1, -0.05) is 35.7 Å². The van der Waals surface area contributed by atoms with Crippen LogP contribution in [0.4, 0.5) is 0 Å². The van der Waals surface area contributed by atoms with Gasteiger partial charge in [-0.25, -0.2) is 4.79 Å². The summed E-state index contributed by atoms with van der Waals surface area (Å²) >= 11 is 1.27. The van der Waals surface area contributed by atoms with Crippen LogP contribution in [0.2, 0.25) is 0 Å². The summed E-state index contributed by atoms with van der Waals surface area (Å²) in [7, 11) is 0. The summed E-state index contributed by atoms with van der Waals surface area (Å²) in [5.41, 5.74) is 1.66. The number of thioether (sulfide) groups is 1. The molecule has 1 aromatic heterocycles. The van der Waals surface area contributed by atoms with E-state index in [-0.39, 0.29) is 10.9 Å². The lowest BCUT2D eigenvalue weighted by atomic mass is 10.1. The van der Waals surface area contributed by atoms with Crippen LogP contribution in [0.5, 0.6) is 0 Å². The molecule has 0 bridgehead atoms. The number of carbonyl (C=O) groups excluding carboxylic acids is 1. The smallest absolute Gasteiger partial charge is 0.371 e. The second-order valence-electron chi connectivity index (χ2n) is 4.44. The van der Waals surface area contributed by atoms with Crippen LogP contribution < -0.4 is 0 Å². The van der Waals surface area contributed by atoms with Gasteiger partial charge in [0.15, 0.2) is 5.12 Å². The molecular weight excluding hydrogens is 300 g/mol. The Morgan fingerprint density at radius 1 is 1.18 bits per heavy atom. The normalized spacial score (nSPS) is 9.86. The number of carboxylic acids is 1. The third-order valence-electron chi connectivity index (χ3n) is 2.75. The number of carboxylic acid groups (broad SMARTS) is 1. The van der Waals surface area contributed by atoms with Gasteiger partial charge in [-0.05, 0) is 24.3 Å². The minimum absolute atomic E-state index is 0.0816. The Kier molecular flexibility index (Phi) is 5.45. The van der Waals surface area contributed by atoms with Gasteiger partial charge in [-0.15, -0.1) is 0 Å². The molecule has 0 unspecified atom stereocenters. The summed E-state index contributed by atoms with van der Waals surface area (Å²) in [6, 6.07) is 10.4. The zero-order valence-corrected chi connectivity index (χ0v) is 12.8. The highest BCUT2D eigenvalue weighted by Crippen LogP contribution is 2.22. The molecule has 0 aliphatic carbocycles. The zero-order chi connectivity index (χ0) is 15.9. The average Bonchev–Trinajstić information content (AvgIpc) is 2.97. The van der Waals surface area contributed by atoms with Crippen molar-refractivity contribution in [2.45, 2.75) is 13.3 Å². The highest BCUT2D eigenvalue weighted by atomic mass is 32.2. The summed E-state index contributed by atoms with van der Waals surface area (Å²) in [6.07, 6.45) is 0.659. The molecule has 4 nitrogen and oxygen atoms in total. The molecule has 0 amide bonds. The Balaban J connectivity index is 1.99. The van der Waals surface area contributed by atoms with Crippen LogP contribution >= 0.6 is 11.8 Å². The first-order valence-corrected chi connectivity index (χ1v) is 7.60. The van der Waals surface area contributed by atoms with Crippen molar-refractivity contribution < 1.29 is 19.1 Å². The van der Waals surface area contributed by atoms with E-state index in [0.717, 1.165) is 11.1 Å². The third-order valence-corrected chi connectivity index (χ3v) is 3.57. The Morgan fingerprint density at radius 2 is 1.91 bits per heavy atom. The van der Waals surface area contributed by atoms with Gasteiger partial charge in [0.05, 0.1) is 0 Å². The van der Waals surface area contributed by atoms with E-state index in [1.54, 1.807) is 13.0 Å². The number of furan rings is 1. The number of aromatic carboxylic acids is 1. The SMILES string of the molecule is CC(=O)SCCC#Cc1ccc(-c2ccc(C(=O)O)o2)cc1. The largest absolute Gasteiger partial charge is 0.475 e. The van der Waals surface area contributed by atoms with Gasteiger partial charge < -0.3 is 9.52 Å². The van der Waals surface area contributed by atoms with Gasteiger partial charge in [-0.3, -0.25) is 4.79 Å². The maximum atomic E-state index is 10.8. The van der Waals surface area contributed by atoms with Crippen molar-refractivity contribution in [1.29, 1.82) is 0 Å². The van der Waals surface area contributed by atoms with Crippen molar-refractivity contribution >= 4 is 22.8 Å². The van der Waals surface area contributed by atoms with E-state index in [0.29, 0.717) is 17.9 Å². The quantitative estimate of drug-likeness (QED) is 0.689. The lowest BCUT2D eigenvalue weighted by molar-refractivity contribution is -0.109. The molecule has 112 valence electrons. The van der Waals surface area contributed by atoms with E-state index >= 15 is 0 Å². The molecule has 0 aliphatic heterocycles. The fourth-order valence-electron chi connectivity index (χ4n) is 1.74. The lowest BCUT2D eigenvalue weighted by Crippen LogP contribution is -1.91. The second kappa shape index (κ2) is 7.53. The minimum Gasteiger partial charge on any atom is -0.475 e. The predicted molar refractivity (Wildman–Crippen MR) is 85.7 cm³/mol. The molecule has 0 aliphatic rings. The maximum absolute atomic E-state index is 10.8. The van der Waals surface area contributed by atoms with E-state index in [1.165, 1.54) is 17.8 Å². The Bertz CT molecular complexity index is 732. The van der Waals surface area contributed by atoms with Crippen LogP contribution in [-0.4, -0.2) is 21.9 Å². The molecule has 0 fully saturated rings. The third kappa shape index (κ3) is 4.54. The minimum atomic E-state index is -1.09. The van der Waals surface area contributed by atoms with Crippen LogP contribution in [0.15, 0.2) is 40.8 Å². The number of benzene rings is 1. The van der Waals surface area contributed by atoms with Crippen LogP contribution in [-0.2, 0) is 4.79 Å². The van der Waals surface area contributed by atoms with Gasteiger partial charge >= 0.3 is 5.97 Å². The lowest BCUT2D eigenvalue weighted by Gasteiger charge is -1.97. The van der Waals surface area contributed by atoms with Crippen molar-refractivity contribution in [3.8, 4) is 23.2 Å². The number of hydrogen-bond donors (Lipinski definition) is 1. The molecule has 2 aromatic rings. The molecule has 1 aromatic carbocycles. The van der Waals surface area contributed by atoms with E-state index < -0.39 is 5.97 Å². The van der Waals surface area contributed by atoms with E-state index in [4.69, 9.17) is 9.52 Å². The maximum Gasteiger partial charge on any atom is 0.371 e. The molecule has 5 heteroatoms. The highest BCUT2D eigenvalue weighted by Gasteiger charge is 2.09. The highest BCUT2D eigenvalue weighted by molar-refractivity contribution is 8.13. The standard InChI is InChI=1S/C17H14O4S/c1-12(18)22-11-3-2-4-13-5-7-14(8-6-13)15-9-10-16(21-15)17(19)20/h5-10H,3,11H2,1H3,(H,19,20). The Labute approximate surface area is 132 Å². The molecule has 0 radical (unpaired) electrons. The number of hydrogen-bond acceptors (Lipinski definition) is 4. The van der Waals surface area contributed by atoms with Crippen LogP contribution in [0.1, 0.15) is 29.5 Å². The van der Waals surface area contributed by atoms with Crippen molar-refractivity contribution in [3.05, 3.63) is 47.7 Å². The topological polar surface area (TPSA) is 67.5 Å². The zero-order valence-electron chi connectivity index (χ0n) is 12.0. The number of rotatable bonds is 4. The van der Waals surface area contributed by atoms with Crippen LogP contribution in [0, 0.1) is 11.8 Å². The van der Waals surface area contributed by atoms with Gasteiger partial charge in [-0.2, -0.15) is 0 Å². The van der Waals surface area contributed by atoms with E-state index in [9.17, 15) is 9.59 Å². The molecule has 22 heavy (non-hydrogen) atoms. The molecule has 0 spiro atoms. The summed E-state index contributed by atoms with van der Waals surface area (Å²) in [5.74, 6) is 6.07. The number of carbonyl (C=O) groups is 2. The Morgan fingerprint density at radius 3 is 2.50 bits per heavy atom. The Hall–Kier alpha value is -2.45. The van der Waals surface area contributed by atoms with Crippen LogP contribution in [0.3, 0.4) is 0 Å². The molecule has 1 heterocycles. The van der Waals surface area contributed by atoms with Gasteiger partial charge in [0.2, 0.25) is 5.76 Å². The second-order valence-corrected chi connectivity index (χ2v) is 5.71. The van der Waals surface area contributed by atoms with Crippen molar-refractivity contribution in [2.75, 3.05) is 5.75 Å². The monoisotopic (exact) mass is 314 g/mol. The van der Waals surface area contributed by atoms with Crippen molar-refractivity contribution in [3.63, 3.8) is 0 Å². The predicted octanol–water partition coefficient (Wildman–Crippen LogP) is 3.67. The molecular formula is C17H14O4S. The van der Waals surface area contributed by atoms with Crippen LogP contribution in [0.25, 0.3) is 11.3 Å². The molecule has 0 saturated heterocycles. The average molecular weight is 314 g/mol. The van der Waals surface area contributed by atoms with E-state index in [1.807, 2.05) is 24.3 Å². The van der Waals surface area contributed by atoms with Crippen molar-refractivity contribution in [1.82, 2.24) is 0 Å². The first-order chi connectivity index (χ1) is 10.6. The molecule has 1 N–H and O–H groups in total. The van der Waals surface area contributed by atoms with E-state index in [2.05, 4.69) is 11.8 Å². The van der Waals surface area contributed by atoms with Gasteiger partial charge in [0.1, 0.15) is 5.76 Å². The molecule has 2 rings (SSSR count). The molecule has 0 saturated carbocycles. The van der Waals surface area contributed by atoms with Gasteiger partial charge in [0, 0.05) is 30.2 Å². The fraction of sp³-hybridized carbons (Fsp3) is 0.176. The molecule has 0 atom stereocenters. The first-order valence-electron chi connectivity index (χ1n) is 6.62. The summed E-state index contributed by atoms with van der Waals surface area (Å²) in [5, 5.41) is 8.93. The van der Waals surface area contributed by atoms with Gasteiger partial charge in [0.25, 0.3) is 0 Å². The summed E-state index contributed by atoms with van der Waals surface area (Å²) in [4.78, 5) is 21.5. The van der Waals surface area contributed by atoms with Crippen molar-refractivity contribution in [2.24, 2.45) is 0 Å². The first kappa shape index (κ1) is 15.9. The summed E-state index contributed by atoms with van der Waals surface area (Å²) in [6.45, 7) is 1.54. The fourth-order valence-corrected chi connectivity index (χ4v) is 2.23.